The smallest absolute Gasteiger partial charge is 0.217 e. The largest absolute Gasteiger partial charge is 0.290 e. The maximum Gasteiger partial charge on any atom is 0.217 e. The summed E-state index contributed by atoms with van der Waals surface area (Å²) in [5.74, 6) is -1.32. The molecular formula is C8H5BrF2O. The summed E-state index contributed by atoms with van der Waals surface area (Å²) in [5, 5.41) is -1.76. The molecule has 0 saturated heterocycles. The average molecular weight is 235 g/mol. The highest BCUT2D eigenvalue weighted by atomic mass is 79.9. The van der Waals surface area contributed by atoms with E-state index in [1.807, 2.05) is 0 Å². The van der Waals surface area contributed by atoms with E-state index in [4.69, 9.17) is 0 Å². The Morgan fingerprint density at radius 2 is 2.17 bits per heavy atom. The summed E-state index contributed by atoms with van der Waals surface area (Å²) < 4.78 is 24.9. The standard InChI is InChI=1S/C8H5BrF2O/c9-8(11)7(12)5-2-1-3-6(10)4-5/h1-4,8H. The zero-order chi connectivity index (χ0) is 9.14. The Balaban J connectivity index is 2.96. The highest BCUT2D eigenvalue weighted by Gasteiger charge is 2.15. The van der Waals surface area contributed by atoms with Crippen molar-refractivity contribution in [2.75, 3.05) is 0 Å². The fourth-order valence-electron chi connectivity index (χ4n) is 0.768. The van der Waals surface area contributed by atoms with E-state index in [0.29, 0.717) is 0 Å². The van der Waals surface area contributed by atoms with Crippen molar-refractivity contribution in [3.63, 3.8) is 0 Å². The number of benzene rings is 1. The van der Waals surface area contributed by atoms with Crippen LogP contribution in [0.2, 0.25) is 0 Å². The first-order valence-corrected chi connectivity index (χ1v) is 4.11. The third-order valence-corrected chi connectivity index (χ3v) is 1.72. The minimum Gasteiger partial charge on any atom is -0.290 e. The second kappa shape index (κ2) is 3.76. The second-order valence-corrected chi connectivity index (χ2v) is 2.98. The Morgan fingerprint density at radius 3 is 2.67 bits per heavy atom. The third kappa shape index (κ3) is 2.11. The van der Waals surface area contributed by atoms with Crippen molar-refractivity contribution in [2.24, 2.45) is 0 Å². The maximum atomic E-state index is 12.5. The lowest BCUT2D eigenvalue weighted by molar-refractivity contribution is 0.0942. The van der Waals surface area contributed by atoms with E-state index in [0.717, 1.165) is 6.07 Å². The van der Waals surface area contributed by atoms with Crippen LogP contribution in [0.1, 0.15) is 10.4 Å². The van der Waals surface area contributed by atoms with Crippen LogP contribution in [-0.4, -0.2) is 10.9 Å². The summed E-state index contributed by atoms with van der Waals surface area (Å²) in [5.41, 5.74) is 0.0272. The second-order valence-electron chi connectivity index (χ2n) is 2.18. The number of alkyl halides is 2. The van der Waals surface area contributed by atoms with Gasteiger partial charge in [-0.05, 0) is 28.1 Å². The highest BCUT2D eigenvalue weighted by molar-refractivity contribution is 9.09. The molecule has 0 aromatic heterocycles. The van der Waals surface area contributed by atoms with E-state index in [2.05, 4.69) is 15.9 Å². The summed E-state index contributed by atoms with van der Waals surface area (Å²) in [6.07, 6.45) is 0. The van der Waals surface area contributed by atoms with Gasteiger partial charge in [-0.25, -0.2) is 8.78 Å². The van der Waals surface area contributed by atoms with Crippen LogP contribution >= 0.6 is 15.9 Å². The third-order valence-electron chi connectivity index (χ3n) is 1.31. The number of hydrogen-bond acceptors (Lipinski definition) is 1. The molecule has 1 nitrogen and oxygen atoms in total. The van der Waals surface area contributed by atoms with Crippen molar-refractivity contribution in [1.82, 2.24) is 0 Å². The van der Waals surface area contributed by atoms with Gasteiger partial charge in [-0.15, -0.1) is 0 Å². The molecule has 0 radical (unpaired) electrons. The van der Waals surface area contributed by atoms with Crippen LogP contribution in [-0.2, 0) is 0 Å². The molecule has 1 rings (SSSR count). The van der Waals surface area contributed by atoms with Crippen LogP contribution in [0.3, 0.4) is 0 Å². The minimum absolute atomic E-state index is 0.0272. The number of rotatable bonds is 2. The van der Waals surface area contributed by atoms with Gasteiger partial charge in [0, 0.05) is 5.56 Å². The van der Waals surface area contributed by atoms with Gasteiger partial charge in [0.15, 0.2) is 0 Å². The predicted molar refractivity (Wildman–Crippen MR) is 44.6 cm³/mol. The molecule has 0 aliphatic heterocycles. The van der Waals surface area contributed by atoms with Crippen LogP contribution in [0.5, 0.6) is 0 Å². The van der Waals surface area contributed by atoms with Crippen LogP contribution in [0.15, 0.2) is 24.3 Å². The summed E-state index contributed by atoms with van der Waals surface area (Å²) in [6.45, 7) is 0. The van der Waals surface area contributed by atoms with E-state index in [9.17, 15) is 13.6 Å². The summed E-state index contributed by atoms with van der Waals surface area (Å²) in [7, 11) is 0. The normalized spacial score (nSPS) is 12.6. The van der Waals surface area contributed by atoms with Gasteiger partial charge in [0.05, 0.1) is 0 Å². The summed E-state index contributed by atoms with van der Waals surface area (Å²) in [6, 6.07) is 4.91. The van der Waals surface area contributed by atoms with Crippen LogP contribution in [0.25, 0.3) is 0 Å². The fraction of sp³-hybridized carbons (Fsp3) is 0.125. The van der Waals surface area contributed by atoms with Gasteiger partial charge >= 0.3 is 0 Å². The van der Waals surface area contributed by atoms with E-state index in [1.54, 1.807) is 0 Å². The molecule has 4 heteroatoms. The van der Waals surface area contributed by atoms with Gasteiger partial charge in [0.25, 0.3) is 0 Å². The van der Waals surface area contributed by atoms with Crippen LogP contribution < -0.4 is 0 Å². The Labute approximate surface area is 76.5 Å². The van der Waals surface area contributed by atoms with Gasteiger partial charge in [-0.1, -0.05) is 12.1 Å². The lowest BCUT2D eigenvalue weighted by Crippen LogP contribution is -2.08. The fourth-order valence-corrected chi connectivity index (χ4v) is 1.03. The van der Waals surface area contributed by atoms with E-state index in [1.165, 1.54) is 18.2 Å². The lowest BCUT2D eigenvalue weighted by atomic mass is 10.1. The lowest BCUT2D eigenvalue weighted by Gasteiger charge is -1.99. The van der Waals surface area contributed by atoms with Crippen LogP contribution in [0, 0.1) is 5.82 Å². The number of halogens is 3. The quantitative estimate of drug-likeness (QED) is 0.568. The molecule has 0 aliphatic carbocycles. The van der Waals surface area contributed by atoms with Gasteiger partial charge in [0.1, 0.15) is 5.82 Å². The topological polar surface area (TPSA) is 17.1 Å². The molecular weight excluding hydrogens is 230 g/mol. The molecule has 0 spiro atoms. The first-order valence-electron chi connectivity index (χ1n) is 3.19. The summed E-state index contributed by atoms with van der Waals surface area (Å²) >= 11 is 2.46. The molecule has 0 saturated carbocycles. The van der Waals surface area contributed by atoms with Crippen molar-refractivity contribution >= 4 is 21.7 Å². The molecule has 1 atom stereocenters. The number of Topliss-reactive ketones (excluding diaryl/α,β-unsaturated/α-hetero) is 1. The molecule has 0 aliphatic rings. The average Bonchev–Trinajstić information content (AvgIpc) is 2.03. The molecule has 12 heavy (non-hydrogen) atoms. The van der Waals surface area contributed by atoms with Crippen molar-refractivity contribution in [2.45, 2.75) is 5.08 Å². The first-order chi connectivity index (χ1) is 5.61. The molecule has 0 heterocycles. The highest BCUT2D eigenvalue weighted by Crippen LogP contribution is 2.12. The van der Waals surface area contributed by atoms with E-state index >= 15 is 0 Å². The first kappa shape index (κ1) is 9.32. The Morgan fingerprint density at radius 1 is 1.50 bits per heavy atom. The van der Waals surface area contributed by atoms with Crippen molar-refractivity contribution < 1.29 is 13.6 Å². The number of ketones is 1. The number of carbonyl (C=O) groups is 1. The SMILES string of the molecule is O=C(c1cccc(F)c1)C(F)Br. The molecule has 64 valence electrons. The summed E-state index contributed by atoms with van der Waals surface area (Å²) in [4.78, 5) is 10.9. The van der Waals surface area contributed by atoms with Crippen molar-refractivity contribution in [3.8, 4) is 0 Å². The van der Waals surface area contributed by atoms with Crippen molar-refractivity contribution in [3.05, 3.63) is 35.6 Å². The predicted octanol–water partition coefficient (Wildman–Crippen LogP) is 2.70. The molecule has 0 N–H and O–H groups in total. The molecule has 0 amide bonds. The zero-order valence-corrected chi connectivity index (χ0v) is 7.51. The molecule has 0 fully saturated rings. The molecule has 1 aromatic rings. The number of carbonyl (C=O) groups excluding carboxylic acids is 1. The van der Waals surface area contributed by atoms with Gasteiger partial charge in [0.2, 0.25) is 10.9 Å². The monoisotopic (exact) mass is 234 g/mol. The van der Waals surface area contributed by atoms with Gasteiger partial charge < -0.3 is 0 Å². The molecule has 1 aromatic carbocycles. The van der Waals surface area contributed by atoms with Gasteiger partial charge in [-0.2, -0.15) is 0 Å². The Hall–Kier alpha value is -0.770. The maximum absolute atomic E-state index is 12.5. The zero-order valence-electron chi connectivity index (χ0n) is 5.93. The van der Waals surface area contributed by atoms with Crippen molar-refractivity contribution in [1.29, 1.82) is 0 Å². The molecule has 1 unspecified atom stereocenters. The molecule has 0 bridgehead atoms. The number of hydrogen-bond donors (Lipinski definition) is 0. The van der Waals surface area contributed by atoms with Crippen LogP contribution in [0.4, 0.5) is 8.78 Å². The Bertz CT molecular complexity index is 299. The minimum atomic E-state index is -1.76. The van der Waals surface area contributed by atoms with Gasteiger partial charge in [-0.3, -0.25) is 4.79 Å². The Kier molecular flexibility index (Phi) is 2.92. The van der Waals surface area contributed by atoms with E-state index < -0.39 is 16.7 Å². The van der Waals surface area contributed by atoms with E-state index in [-0.39, 0.29) is 5.56 Å².